The lowest BCUT2D eigenvalue weighted by Crippen LogP contribution is -2.45. The number of carbonyl (C=O) groups is 2. The maximum absolute atomic E-state index is 13.2. The van der Waals surface area contributed by atoms with Gasteiger partial charge in [0.25, 0.3) is 0 Å². The van der Waals surface area contributed by atoms with Gasteiger partial charge in [0.1, 0.15) is 11.6 Å². The molecule has 0 aliphatic rings. The zero-order valence-corrected chi connectivity index (χ0v) is 17.6. The predicted molar refractivity (Wildman–Crippen MR) is 110 cm³/mol. The fourth-order valence-electron chi connectivity index (χ4n) is 3.11. The molecular weight excluding hydrogens is 371 g/mol. The Morgan fingerprint density at radius 1 is 1.03 bits per heavy atom. The van der Waals surface area contributed by atoms with Crippen LogP contribution in [0, 0.1) is 5.82 Å². The first-order valence-electron chi connectivity index (χ1n) is 10.2. The van der Waals surface area contributed by atoms with Gasteiger partial charge >= 0.3 is 0 Å². The topological polar surface area (TPSA) is 53.8 Å². The maximum Gasteiger partial charge on any atom is 0.242 e. The Hall–Kier alpha value is -2.63. The fourth-order valence-corrected chi connectivity index (χ4v) is 3.11. The largest absolute Gasteiger partial charge is 0.467 e. The van der Waals surface area contributed by atoms with Gasteiger partial charge in [-0.1, -0.05) is 31.9 Å². The van der Waals surface area contributed by atoms with Crippen molar-refractivity contribution < 1.29 is 18.4 Å². The van der Waals surface area contributed by atoms with E-state index in [0.29, 0.717) is 25.3 Å². The van der Waals surface area contributed by atoms with E-state index >= 15 is 0 Å². The molecule has 0 aliphatic heterocycles. The van der Waals surface area contributed by atoms with Crippen LogP contribution in [0.2, 0.25) is 0 Å². The summed E-state index contributed by atoms with van der Waals surface area (Å²) in [5.41, 5.74) is 0.816. The molecule has 0 N–H and O–H groups in total. The third-order valence-corrected chi connectivity index (χ3v) is 4.81. The fraction of sp³-hybridized carbons (Fsp3) is 0.478. The van der Waals surface area contributed by atoms with Crippen molar-refractivity contribution in [1.29, 1.82) is 0 Å². The van der Waals surface area contributed by atoms with Crippen LogP contribution in [0.4, 0.5) is 4.39 Å². The van der Waals surface area contributed by atoms with Crippen LogP contribution in [-0.4, -0.2) is 34.2 Å². The first kappa shape index (κ1) is 22.7. The van der Waals surface area contributed by atoms with Gasteiger partial charge in [-0.15, -0.1) is 0 Å². The van der Waals surface area contributed by atoms with E-state index in [1.165, 1.54) is 12.1 Å². The molecule has 0 radical (unpaired) electrons. The third-order valence-electron chi connectivity index (χ3n) is 4.81. The van der Waals surface area contributed by atoms with Gasteiger partial charge < -0.3 is 14.2 Å². The summed E-state index contributed by atoms with van der Waals surface area (Å²) >= 11 is 0. The Morgan fingerprint density at radius 3 is 2.34 bits per heavy atom. The van der Waals surface area contributed by atoms with Crippen molar-refractivity contribution in [3.63, 3.8) is 0 Å². The minimum atomic E-state index is -0.318. The highest BCUT2D eigenvalue weighted by Gasteiger charge is 2.24. The molecule has 158 valence electrons. The van der Waals surface area contributed by atoms with Crippen molar-refractivity contribution in [3.05, 3.63) is 59.8 Å². The SMILES string of the molecule is CCCCCC(=O)N(CC(=O)N(Cc1ccc(F)cc1)Cc1ccco1)C(C)C. The summed E-state index contributed by atoms with van der Waals surface area (Å²) in [4.78, 5) is 29.0. The molecule has 0 bridgehead atoms. The summed E-state index contributed by atoms with van der Waals surface area (Å²) in [5, 5.41) is 0. The van der Waals surface area contributed by atoms with E-state index in [4.69, 9.17) is 4.42 Å². The molecule has 1 heterocycles. The molecule has 6 heteroatoms. The molecule has 2 aromatic rings. The van der Waals surface area contributed by atoms with Gasteiger partial charge in [0, 0.05) is 19.0 Å². The summed E-state index contributed by atoms with van der Waals surface area (Å²) in [7, 11) is 0. The number of carbonyl (C=O) groups excluding carboxylic acids is 2. The molecule has 0 atom stereocenters. The van der Waals surface area contributed by atoms with Crippen molar-refractivity contribution in [3.8, 4) is 0 Å². The maximum atomic E-state index is 13.2. The van der Waals surface area contributed by atoms with Gasteiger partial charge in [0.15, 0.2) is 0 Å². The van der Waals surface area contributed by atoms with E-state index in [2.05, 4.69) is 6.92 Å². The summed E-state index contributed by atoms with van der Waals surface area (Å²) in [6.07, 6.45) is 4.89. The minimum absolute atomic E-state index is 0.00142. The van der Waals surface area contributed by atoms with Crippen molar-refractivity contribution >= 4 is 11.8 Å². The molecule has 0 unspecified atom stereocenters. The quantitative estimate of drug-likeness (QED) is 0.509. The molecular formula is C23H31FN2O3. The average molecular weight is 403 g/mol. The lowest BCUT2D eigenvalue weighted by Gasteiger charge is -2.30. The minimum Gasteiger partial charge on any atom is -0.467 e. The second-order valence-electron chi connectivity index (χ2n) is 7.53. The first-order valence-corrected chi connectivity index (χ1v) is 10.2. The second-order valence-corrected chi connectivity index (χ2v) is 7.53. The van der Waals surface area contributed by atoms with Crippen LogP contribution in [0.5, 0.6) is 0 Å². The number of nitrogens with zero attached hydrogens (tertiary/aromatic N) is 2. The number of hydrogen-bond acceptors (Lipinski definition) is 3. The molecule has 0 saturated heterocycles. The van der Waals surface area contributed by atoms with E-state index in [9.17, 15) is 14.0 Å². The average Bonchev–Trinajstić information content (AvgIpc) is 3.20. The van der Waals surface area contributed by atoms with Gasteiger partial charge in [-0.05, 0) is 50.1 Å². The van der Waals surface area contributed by atoms with E-state index in [1.54, 1.807) is 40.3 Å². The van der Waals surface area contributed by atoms with Crippen LogP contribution in [0.25, 0.3) is 0 Å². The molecule has 5 nitrogen and oxygen atoms in total. The molecule has 2 rings (SSSR count). The highest BCUT2D eigenvalue weighted by atomic mass is 19.1. The number of halogens is 1. The summed E-state index contributed by atoms with van der Waals surface area (Å²) < 4.78 is 18.6. The molecule has 2 amide bonds. The number of amides is 2. The Balaban J connectivity index is 2.11. The smallest absolute Gasteiger partial charge is 0.242 e. The van der Waals surface area contributed by atoms with Gasteiger partial charge in [-0.3, -0.25) is 9.59 Å². The van der Waals surface area contributed by atoms with Crippen molar-refractivity contribution in [2.24, 2.45) is 0 Å². The Kier molecular flexibility index (Phi) is 8.90. The first-order chi connectivity index (χ1) is 13.9. The van der Waals surface area contributed by atoms with Crippen molar-refractivity contribution in [2.45, 2.75) is 65.6 Å². The molecule has 1 aromatic carbocycles. The molecule has 0 aliphatic carbocycles. The summed E-state index contributed by atoms with van der Waals surface area (Å²) in [6, 6.07) is 9.59. The number of benzene rings is 1. The van der Waals surface area contributed by atoms with E-state index < -0.39 is 0 Å². The Bertz CT molecular complexity index is 757. The Labute approximate surface area is 172 Å². The van der Waals surface area contributed by atoms with Crippen molar-refractivity contribution in [1.82, 2.24) is 9.80 Å². The number of unbranched alkanes of at least 4 members (excludes halogenated alkanes) is 2. The second kappa shape index (κ2) is 11.4. The monoisotopic (exact) mass is 402 g/mol. The van der Waals surface area contributed by atoms with Crippen LogP contribution < -0.4 is 0 Å². The summed E-state index contributed by atoms with van der Waals surface area (Å²) in [5.74, 6) is 0.178. The number of furan rings is 1. The molecule has 0 fully saturated rings. The standard InChI is InChI=1S/C23H31FN2O3/c1-4-5-6-9-22(27)26(18(2)3)17-23(28)25(16-21-8-7-14-29-21)15-19-10-12-20(24)13-11-19/h7-8,10-14,18H,4-6,9,15-17H2,1-3H3. The van der Waals surface area contributed by atoms with Crippen LogP contribution >= 0.6 is 0 Å². The van der Waals surface area contributed by atoms with E-state index in [-0.39, 0.29) is 30.2 Å². The van der Waals surface area contributed by atoms with Gasteiger partial charge in [-0.25, -0.2) is 4.39 Å². The van der Waals surface area contributed by atoms with Gasteiger partial charge in [0.05, 0.1) is 19.4 Å². The normalized spacial score (nSPS) is 10.9. The van der Waals surface area contributed by atoms with Crippen LogP contribution in [-0.2, 0) is 22.7 Å². The van der Waals surface area contributed by atoms with E-state index in [0.717, 1.165) is 24.8 Å². The predicted octanol–water partition coefficient (Wildman–Crippen LogP) is 4.76. The molecule has 1 aromatic heterocycles. The Morgan fingerprint density at radius 2 is 1.76 bits per heavy atom. The number of rotatable bonds is 11. The lowest BCUT2D eigenvalue weighted by molar-refractivity contribution is -0.142. The highest BCUT2D eigenvalue weighted by Crippen LogP contribution is 2.14. The van der Waals surface area contributed by atoms with Gasteiger partial charge in [0.2, 0.25) is 11.8 Å². The summed E-state index contributed by atoms with van der Waals surface area (Å²) in [6.45, 7) is 6.55. The van der Waals surface area contributed by atoms with Gasteiger partial charge in [-0.2, -0.15) is 0 Å². The lowest BCUT2D eigenvalue weighted by atomic mass is 10.1. The van der Waals surface area contributed by atoms with Crippen LogP contribution in [0.3, 0.4) is 0 Å². The van der Waals surface area contributed by atoms with Crippen LogP contribution in [0.15, 0.2) is 47.1 Å². The zero-order chi connectivity index (χ0) is 21.2. The number of hydrogen-bond donors (Lipinski definition) is 0. The highest BCUT2D eigenvalue weighted by molar-refractivity contribution is 5.85. The zero-order valence-electron chi connectivity index (χ0n) is 17.6. The van der Waals surface area contributed by atoms with Crippen LogP contribution in [0.1, 0.15) is 57.8 Å². The molecule has 29 heavy (non-hydrogen) atoms. The van der Waals surface area contributed by atoms with E-state index in [1.807, 2.05) is 13.8 Å². The molecule has 0 spiro atoms. The van der Waals surface area contributed by atoms with Crippen molar-refractivity contribution in [2.75, 3.05) is 6.54 Å². The molecule has 0 saturated carbocycles. The third kappa shape index (κ3) is 7.37.